The number of hydrogen-bond donors (Lipinski definition) is 0. The molecule has 1 saturated carbocycles. The molecule has 0 N–H and O–H groups in total. The zero-order valence-corrected chi connectivity index (χ0v) is 22.9. The second-order valence-corrected chi connectivity index (χ2v) is 10.8. The molecular formula is C30H30ClN5O4. The molecule has 6 rings (SSSR count). The Balaban J connectivity index is 1.46. The number of ether oxygens (including phenoxy) is 2. The molecule has 2 aliphatic rings. The fourth-order valence-corrected chi connectivity index (χ4v) is 6.23. The molecule has 0 bridgehead atoms. The molecule has 2 aromatic carbocycles. The maximum Gasteiger partial charge on any atom is 0.414 e. The lowest BCUT2D eigenvalue weighted by molar-refractivity contribution is 0.0582. The molecule has 2 aromatic heterocycles. The van der Waals surface area contributed by atoms with Crippen LogP contribution in [0.15, 0.2) is 40.9 Å². The van der Waals surface area contributed by atoms with Gasteiger partial charge in [0.15, 0.2) is 0 Å². The number of benzene rings is 2. The molecule has 1 atom stereocenters. The third-order valence-corrected chi connectivity index (χ3v) is 8.32. The molecule has 3 heterocycles. The van der Waals surface area contributed by atoms with E-state index in [4.69, 9.17) is 34.7 Å². The lowest BCUT2D eigenvalue weighted by Crippen LogP contribution is -2.42. The Morgan fingerprint density at radius 3 is 2.70 bits per heavy atom. The molecule has 1 saturated heterocycles. The molecule has 1 aliphatic carbocycles. The van der Waals surface area contributed by atoms with Crippen LogP contribution in [0.25, 0.3) is 22.2 Å². The first-order valence-electron chi connectivity index (χ1n) is 14.8. The topological polar surface area (TPSA) is 106 Å². The van der Waals surface area contributed by atoms with Crippen molar-refractivity contribution in [1.29, 1.82) is 5.26 Å². The number of nitriles is 1. The summed E-state index contributed by atoms with van der Waals surface area (Å²) >= 11 is 6.21. The van der Waals surface area contributed by atoms with Gasteiger partial charge in [-0.3, -0.25) is 4.90 Å². The highest BCUT2D eigenvalue weighted by Gasteiger charge is 2.38. The Morgan fingerprint density at radius 1 is 1.15 bits per heavy atom. The summed E-state index contributed by atoms with van der Waals surface area (Å²) in [5.74, 6) is 1.40. The number of carbonyl (C=O) groups excluding carboxylic acids is 1. The van der Waals surface area contributed by atoms with Gasteiger partial charge in [0.05, 0.1) is 44.1 Å². The van der Waals surface area contributed by atoms with Crippen molar-refractivity contribution in [3.8, 4) is 17.2 Å². The van der Waals surface area contributed by atoms with Gasteiger partial charge in [-0.15, -0.1) is 0 Å². The van der Waals surface area contributed by atoms with Crippen molar-refractivity contribution in [2.24, 2.45) is 0 Å². The van der Waals surface area contributed by atoms with E-state index in [0.717, 1.165) is 27.9 Å². The predicted molar refractivity (Wildman–Crippen MR) is 150 cm³/mol. The van der Waals surface area contributed by atoms with E-state index in [1.165, 1.54) is 4.90 Å². The third-order valence-electron chi connectivity index (χ3n) is 7.99. The number of halogens is 1. The lowest BCUT2D eigenvalue weighted by atomic mass is 9.92. The minimum Gasteiger partial charge on any atom is -0.449 e. The minimum absolute atomic E-state index is 0.000972. The van der Waals surface area contributed by atoms with Crippen LogP contribution in [0.4, 0.5) is 10.5 Å². The van der Waals surface area contributed by atoms with Crippen LogP contribution < -0.4 is 4.90 Å². The quantitative estimate of drug-likeness (QED) is 0.256. The van der Waals surface area contributed by atoms with Gasteiger partial charge in [-0.2, -0.15) is 5.26 Å². The Hall–Kier alpha value is -3.87. The van der Waals surface area contributed by atoms with Crippen molar-refractivity contribution in [2.75, 3.05) is 18.5 Å². The maximum atomic E-state index is 13.3. The molecular weight excluding hydrogens is 530 g/mol. The summed E-state index contributed by atoms with van der Waals surface area (Å²) in [4.78, 5) is 20.0. The SMILES string of the molecule is [2H]C([2H])([2H])OC1CCC(n2c([C@@H]3CCOC(=O)N3c3ccc(Cl)c(C#N)c3)nc3cc(-c4c(C)noc4C)ccc32)CC1. The van der Waals surface area contributed by atoms with E-state index in [1.54, 1.807) is 18.2 Å². The summed E-state index contributed by atoms with van der Waals surface area (Å²) < 4.78 is 40.9. The number of cyclic esters (lactones) is 1. The Bertz CT molecular complexity index is 1720. The van der Waals surface area contributed by atoms with Gasteiger partial charge >= 0.3 is 6.09 Å². The summed E-state index contributed by atoms with van der Waals surface area (Å²) in [6.07, 6.45) is 2.12. The number of aromatic nitrogens is 3. The van der Waals surface area contributed by atoms with E-state index in [1.807, 2.05) is 32.0 Å². The van der Waals surface area contributed by atoms with Gasteiger partial charge in [0.1, 0.15) is 23.7 Å². The smallest absolute Gasteiger partial charge is 0.414 e. The number of aryl methyl sites for hydroxylation is 2. The number of carbonyl (C=O) groups is 1. The number of rotatable bonds is 5. The number of methoxy groups -OCH3 is 1. The summed E-state index contributed by atoms with van der Waals surface area (Å²) in [6.45, 7) is 3.98. The number of amides is 1. The number of hydrogen-bond acceptors (Lipinski definition) is 7. The van der Waals surface area contributed by atoms with Crippen molar-refractivity contribution in [3.63, 3.8) is 0 Å². The van der Waals surface area contributed by atoms with E-state index in [0.29, 0.717) is 54.4 Å². The molecule has 1 aliphatic heterocycles. The van der Waals surface area contributed by atoms with Gasteiger partial charge in [-0.05, 0) is 75.4 Å². The van der Waals surface area contributed by atoms with Crippen molar-refractivity contribution in [3.05, 3.63) is 64.3 Å². The Kier molecular flexibility index (Phi) is 6.07. The van der Waals surface area contributed by atoms with E-state index in [9.17, 15) is 10.1 Å². The summed E-state index contributed by atoms with van der Waals surface area (Å²) in [6, 6.07) is 12.5. The van der Waals surface area contributed by atoms with Crippen LogP contribution in [0, 0.1) is 25.2 Å². The van der Waals surface area contributed by atoms with Crippen molar-refractivity contribution < 1.29 is 22.9 Å². The molecule has 0 spiro atoms. The van der Waals surface area contributed by atoms with Gasteiger partial charge in [0.2, 0.25) is 0 Å². The standard InChI is InChI=1S/C30H30ClN5O4/c1-17-28(18(2)40-34-17)19-4-11-26-25(15-19)33-29(35(26)21-5-8-23(38-3)9-6-21)27-12-13-39-30(37)36(27)22-7-10-24(31)20(14-22)16-32/h4,7,10-11,14-15,21,23,27H,5-6,8-9,12-13H2,1-3H3/t21?,23?,27-/m0/s1/i3D3. The third kappa shape index (κ3) is 4.51. The first-order valence-corrected chi connectivity index (χ1v) is 13.7. The summed E-state index contributed by atoms with van der Waals surface area (Å²) in [5.41, 5.74) is 5.00. The normalized spacial score (nSPS) is 22.9. The van der Waals surface area contributed by atoms with Crippen LogP contribution in [0.3, 0.4) is 0 Å². The molecule has 10 heteroatoms. The number of imidazole rings is 1. The van der Waals surface area contributed by atoms with E-state index < -0.39 is 19.2 Å². The van der Waals surface area contributed by atoms with Gasteiger partial charge in [-0.25, -0.2) is 9.78 Å². The Morgan fingerprint density at radius 2 is 1.98 bits per heavy atom. The van der Waals surface area contributed by atoms with Crippen LogP contribution >= 0.6 is 11.6 Å². The molecule has 9 nitrogen and oxygen atoms in total. The number of anilines is 1. The molecule has 2 fully saturated rings. The molecule has 206 valence electrons. The highest BCUT2D eigenvalue weighted by Crippen LogP contribution is 2.41. The van der Waals surface area contributed by atoms with Gasteiger partial charge in [-0.1, -0.05) is 22.8 Å². The van der Waals surface area contributed by atoms with E-state index in [-0.39, 0.29) is 24.3 Å². The maximum absolute atomic E-state index is 13.3. The first kappa shape index (κ1) is 22.9. The molecule has 4 aromatic rings. The van der Waals surface area contributed by atoms with Crippen LogP contribution in [0.5, 0.6) is 0 Å². The monoisotopic (exact) mass is 562 g/mol. The predicted octanol–water partition coefficient (Wildman–Crippen LogP) is 7.05. The van der Waals surface area contributed by atoms with E-state index in [2.05, 4.69) is 15.8 Å². The summed E-state index contributed by atoms with van der Waals surface area (Å²) in [7, 11) is -2.44. The fourth-order valence-electron chi connectivity index (χ4n) is 6.07. The average molecular weight is 563 g/mol. The van der Waals surface area contributed by atoms with Crippen LogP contribution in [-0.2, 0) is 9.47 Å². The zero-order valence-electron chi connectivity index (χ0n) is 25.2. The second kappa shape index (κ2) is 10.6. The van der Waals surface area contributed by atoms with Gasteiger partial charge < -0.3 is 18.6 Å². The zero-order chi connectivity index (χ0) is 30.5. The molecule has 40 heavy (non-hydrogen) atoms. The van der Waals surface area contributed by atoms with Gasteiger partial charge in [0.25, 0.3) is 0 Å². The number of fused-ring (bicyclic) bond motifs is 1. The summed E-state index contributed by atoms with van der Waals surface area (Å²) in [5, 5.41) is 14.0. The van der Waals surface area contributed by atoms with E-state index >= 15 is 0 Å². The lowest BCUT2D eigenvalue weighted by Gasteiger charge is -2.37. The van der Waals surface area contributed by atoms with Crippen LogP contribution in [0.2, 0.25) is 5.02 Å². The fraction of sp³-hybridized carbons (Fsp3) is 0.400. The minimum atomic E-state index is -2.44. The van der Waals surface area contributed by atoms with Crippen LogP contribution in [-0.4, -0.2) is 40.5 Å². The van der Waals surface area contributed by atoms with Crippen molar-refractivity contribution in [2.45, 2.75) is 64.1 Å². The van der Waals surface area contributed by atoms with Gasteiger partial charge in [0, 0.05) is 30.8 Å². The molecule has 1 amide bonds. The average Bonchev–Trinajstić information content (AvgIpc) is 3.51. The largest absolute Gasteiger partial charge is 0.449 e. The molecule has 0 radical (unpaired) electrons. The number of nitrogens with zero attached hydrogens (tertiary/aromatic N) is 5. The second-order valence-electron chi connectivity index (χ2n) is 10.4. The highest BCUT2D eigenvalue weighted by molar-refractivity contribution is 6.31. The first-order chi connectivity index (χ1) is 20.5. The highest BCUT2D eigenvalue weighted by atomic mass is 35.5. The van der Waals surface area contributed by atoms with Crippen LogP contribution in [0.1, 0.15) is 71.1 Å². The molecule has 0 unspecified atom stereocenters. The Labute approximate surface area is 241 Å². The van der Waals surface area contributed by atoms with Crippen molar-refractivity contribution >= 4 is 34.4 Å². The van der Waals surface area contributed by atoms with Crippen molar-refractivity contribution in [1.82, 2.24) is 14.7 Å².